The maximum Gasteiger partial charge on any atom is 0.137 e. The fourth-order valence-corrected chi connectivity index (χ4v) is 3.74. The number of ether oxygens (including phenoxy) is 1. The van der Waals surface area contributed by atoms with E-state index >= 15 is 0 Å². The Bertz CT molecular complexity index is 598. The third-order valence-electron chi connectivity index (χ3n) is 3.58. The van der Waals surface area contributed by atoms with Gasteiger partial charge in [0.05, 0.1) is 12.8 Å². The smallest absolute Gasteiger partial charge is 0.137 e. The zero-order chi connectivity index (χ0) is 14.7. The molecule has 0 fully saturated rings. The van der Waals surface area contributed by atoms with Crippen LogP contribution < -0.4 is 10.5 Å². The van der Waals surface area contributed by atoms with Crippen molar-refractivity contribution in [3.8, 4) is 5.75 Å². The summed E-state index contributed by atoms with van der Waals surface area (Å²) < 4.78 is 5.90. The highest BCUT2D eigenvalue weighted by atomic mass is 32.2. The first-order valence-electron chi connectivity index (χ1n) is 7.27. The van der Waals surface area contributed by atoms with E-state index in [0.717, 1.165) is 23.6 Å². The second-order valence-electron chi connectivity index (χ2n) is 5.52. The van der Waals surface area contributed by atoms with Gasteiger partial charge in [-0.2, -0.15) is 0 Å². The Hall–Kier alpha value is -1.52. The molecule has 1 aromatic carbocycles. The summed E-state index contributed by atoms with van der Waals surface area (Å²) in [6, 6.07) is 12.7. The molecule has 2 N–H and O–H groups in total. The Morgan fingerprint density at radius 1 is 1.33 bits per heavy atom. The maximum absolute atomic E-state index is 5.90. The van der Waals surface area contributed by atoms with Gasteiger partial charge in [-0.05, 0) is 30.7 Å². The average Bonchev–Trinajstić information content (AvgIpc) is 2.89. The highest BCUT2D eigenvalue weighted by Gasteiger charge is 2.23. The minimum absolute atomic E-state index is 0.135. The highest BCUT2D eigenvalue weighted by molar-refractivity contribution is 7.99. The number of thioether (sulfide) groups is 1. The lowest BCUT2D eigenvalue weighted by Gasteiger charge is -2.13. The number of aromatic nitrogens is 1. The van der Waals surface area contributed by atoms with E-state index in [0.29, 0.717) is 12.5 Å². The van der Waals surface area contributed by atoms with Crippen molar-refractivity contribution in [2.75, 3.05) is 12.4 Å². The lowest BCUT2D eigenvalue weighted by atomic mass is 10.0. The molecule has 0 amide bonds. The molecule has 110 valence electrons. The van der Waals surface area contributed by atoms with Crippen molar-refractivity contribution in [3.63, 3.8) is 0 Å². The highest BCUT2D eigenvalue weighted by Crippen LogP contribution is 2.39. The minimum atomic E-state index is 0.135. The van der Waals surface area contributed by atoms with E-state index in [1.165, 1.54) is 10.5 Å². The molecule has 21 heavy (non-hydrogen) atoms. The third kappa shape index (κ3) is 3.57. The Morgan fingerprint density at radius 2 is 2.19 bits per heavy atom. The summed E-state index contributed by atoms with van der Waals surface area (Å²) in [5.74, 6) is 2.39. The van der Waals surface area contributed by atoms with E-state index in [1.54, 1.807) is 6.20 Å². The van der Waals surface area contributed by atoms with E-state index in [1.807, 2.05) is 30.8 Å². The Morgan fingerprint density at radius 3 is 2.95 bits per heavy atom. The van der Waals surface area contributed by atoms with Crippen LogP contribution in [0.1, 0.15) is 24.1 Å². The first-order valence-corrected chi connectivity index (χ1v) is 8.26. The van der Waals surface area contributed by atoms with Crippen LogP contribution >= 0.6 is 11.8 Å². The van der Waals surface area contributed by atoms with Gasteiger partial charge < -0.3 is 10.5 Å². The molecule has 0 spiro atoms. The molecule has 1 aliphatic rings. The molecule has 1 aliphatic heterocycles. The summed E-state index contributed by atoms with van der Waals surface area (Å²) >= 11 is 1.91. The Balaban J connectivity index is 1.59. The van der Waals surface area contributed by atoms with Crippen LogP contribution in [0.25, 0.3) is 0 Å². The van der Waals surface area contributed by atoms with Crippen LogP contribution in [0.2, 0.25) is 0 Å². The molecule has 0 aliphatic carbocycles. The molecule has 2 atom stereocenters. The van der Waals surface area contributed by atoms with Crippen molar-refractivity contribution < 1.29 is 4.74 Å². The molecule has 0 bridgehead atoms. The van der Waals surface area contributed by atoms with Gasteiger partial charge in [-0.15, -0.1) is 11.8 Å². The van der Waals surface area contributed by atoms with Crippen molar-refractivity contribution in [1.29, 1.82) is 0 Å². The third-order valence-corrected chi connectivity index (χ3v) is 4.83. The lowest BCUT2D eigenvalue weighted by Crippen LogP contribution is -2.18. The quantitative estimate of drug-likeness (QED) is 0.921. The molecule has 4 heteroatoms. The van der Waals surface area contributed by atoms with Crippen molar-refractivity contribution >= 4 is 11.8 Å². The van der Waals surface area contributed by atoms with Gasteiger partial charge >= 0.3 is 0 Å². The molecular weight excluding hydrogens is 280 g/mol. The van der Waals surface area contributed by atoms with Crippen LogP contribution in [0.3, 0.4) is 0 Å². The van der Waals surface area contributed by atoms with Crippen LogP contribution in [0.15, 0.2) is 47.5 Å². The van der Waals surface area contributed by atoms with Gasteiger partial charge in [0.2, 0.25) is 0 Å². The van der Waals surface area contributed by atoms with Gasteiger partial charge in [0.1, 0.15) is 5.75 Å². The topological polar surface area (TPSA) is 48.1 Å². The zero-order valence-corrected chi connectivity index (χ0v) is 13.0. The molecule has 2 heterocycles. The van der Waals surface area contributed by atoms with E-state index < -0.39 is 0 Å². The van der Waals surface area contributed by atoms with E-state index in [9.17, 15) is 0 Å². The molecule has 2 aromatic rings. The number of nitrogens with zero attached hydrogens (tertiary/aromatic N) is 1. The molecule has 0 radical (unpaired) electrons. The summed E-state index contributed by atoms with van der Waals surface area (Å²) in [6.07, 6.45) is 2.60. The molecule has 3 rings (SSSR count). The molecule has 3 nitrogen and oxygen atoms in total. The molecular formula is C17H20N2OS. The SMILES string of the molecule is CC(N)Cc1ccc(OCC2CSc3ccccc32)cn1. The van der Waals surface area contributed by atoms with Gasteiger partial charge in [-0.1, -0.05) is 18.2 Å². The first kappa shape index (κ1) is 14.4. The zero-order valence-electron chi connectivity index (χ0n) is 12.2. The van der Waals surface area contributed by atoms with Gasteiger partial charge in [-0.25, -0.2) is 0 Å². The Kier molecular flexibility index (Phi) is 4.46. The second-order valence-corrected chi connectivity index (χ2v) is 6.59. The fourth-order valence-electron chi connectivity index (χ4n) is 2.51. The number of hydrogen-bond donors (Lipinski definition) is 1. The fraction of sp³-hybridized carbons (Fsp3) is 0.353. The predicted octanol–water partition coefficient (Wildman–Crippen LogP) is 3.24. The van der Waals surface area contributed by atoms with Crippen LogP contribution in [0.5, 0.6) is 5.75 Å². The van der Waals surface area contributed by atoms with Crippen LogP contribution in [-0.4, -0.2) is 23.4 Å². The van der Waals surface area contributed by atoms with Gasteiger partial charge in [0, 0.05) is 34.7 Å². The monoisotopic (exact) mass is 300 g/mol. The normalized spacial score (nSPS) is 18.3. The molecule has 0 saturated heterocycles. The number of fused-ring (bicyclic) bond motifs is 1. The number of benzene rings is 1. The standard InChI is InChI=1S/C17H20N2OS/c1-12(18)8-14-6-7-15(9-19-14)20-10-13-11-21-17-5-3-2-4-16(13)17/h2-7,9,12-13H,8,10-11,18H2,1H3. The van der Waals surface area contributed by atoms with Crippen LogP contribution in [0, 0.1) is 0 Å². The molecule has 2 unspecified atom stereocenters. The van der Waals surface area contributed by atoms with Crippen molar-refractivity contribution in [2.24, 2.45) is 5.73 Å². The summed E-state index contributed by atoms with van der Waals surface area (Å²) in [5.41, 5.74) is 8.20. The maximum atomic E-state index is 5.90. The predicted molar refractivity (Wildman–Crippen MR) is 87.0 cm³/mol. The summed E-state index contributed by atoms with van der Waals surface area (Å²) in [4.78, 5) is 5.78. The number of nitrogens with two attached hydrogens (primary N) is 1. The first-order chi connectivity index (χ1) is 10.2. The van der Waals surface area contributed by atoms with Crippen molar-refractivity contribution in [3.05, 3.63) is 53.9 Å². The number of hydrogen-bond acceptors (Lipinski definition) is 4. The van der Waals surface area contributed by atoms with E-state index in [-0.39, 0.29) is 6.04 Å². The van der Waals surface area contributed by atoms with Crippen molar-refractivity contribution in [2.45, 2.75) is 30.2 Å². The Labute approximate surface area is 129 Å². The second kappa shape index (κ2) is 6.50. The van der Waals surface area contributed by atoms with E-state index in [4.69, 9.17) is 10.5 Å². The van der Waals surface area contributed by atoms with E-state index in [2.05, 4.69) is 29.2 Å². The molecule has 0 saturated carbocycles. The van der Waals surface area contributed by atoms with Gasteiger partial charge in [0.25, 0.3) is 0 Å². The van der Waals surface area contributed by atoms with Crippen LogP contribution in [0.4, 0.5) is 0 Å². The summed E-state index contributed by atoms with van der Waals surface area (Å²) in [6.45, 7) is 2.69. The average molecular weight is 300 g/mol. The van der Waals surface area contributed by atoms with Crippen molar-refractivity contribution in [1.82, 2.24) is 4.98 Å². The van der Waals surface area contributed by atoms with Crippen LogP contribution in [-0.2, 0) is 6.42 Å². The number of pyridine rings is 1. The van der Waals surface area contributed by atoms with Gasteiger partial charge in [0.15, 0.2) is 0 Å². The largest absolute Gasteiger partial charge is 0.491 e. The summed E-state index contributed by atoms with van der Waals surface area (Å²) in [7, 11) is 0. The number of rotatable bonds is 5. The lowest BCUT2D eigenvalue weighted by molar-refractivity contribution is 0.296. The summed E-state index contributed by atoms with van der Waals surface area (Å²) in [5, 5.41) is 0. The van der Waals surface area contributed by atoms with Gasteiger partial charge in [-0.3, -0.25) is 4.98 Å². The molecule has 1 aromatic heterocycles. The minimum Gasteiger partial charge on any atom is -0.491 e.